The normalized spacial score (nSPS) is 16.6. The lowest BCUT2D eigenvalue weighted by molar-refractivity contribution is -0.131. The van der Waals surface area contributed by atoms with Crippen LogP contribution in [-0.4, -0.2) is 152 Å². The second-order valence-corrected chi connectivity index (χ2v) is 40.0. The Labute approximate surface area is 869 Å². The molecule has 9 aromatic heterocycles. The van der Waals surface area contributed by atoms with Crippen molar-refractivity contribution in [2.24, 2.45) is 0 Å². The van der Waals surface area contributed by atoms with Gasteiger partial charge < -0.3 is 46.6 Å². The summed E-state index contributed by atoms with van der Waals surface area (Å²) < 4.78 is 50.7. The van der Waals surface area contributed by atoms with Gasteiger partial charge in [0, 0.05) is 116 Å². The number of rotatable bonds is 15. The van der Waals surface area contributed by atoms with E-state index in [2.05, 4.69) is 52.9 Å². The van der Waals surface area contributed by atoms with E-state index in [9.17, 15) is 44.6 Å². The van der Waals surface area contributed by atoms with Crippen LogP contribution in [0.3, 0.4) is 0 Å². The Morgan fingerprint density at radius 1 is 0.383 bits per heavy atom. The van der Waals surface area contributed by atoms with Gasteiger partial charge >= 0.3 is 0 Å². The zero-order valence-corrected chi connectivity index (χ0v) is 87.5. The number of nitrogens with zero attached hydrogens (tertiary/aromatic N) is 18. The fourth-order valence-corrected chi connectivity index (χ4v) is 21.8. The quantitative estimate of drug-likeness (QED) is 0.0371. The van der Waals surface area contributed by atoms with Crippen LogP contribution in [0.5, 0.6) is 0 Å². The average Bonchev–Trinajstić information content (AvgIpc) is 0.725. The van der Waals surface area contributed by atoms with E-state index in [1.165, 1.54) is 50.1 Å². The predicted molar refractivity (Wildman–Crippen MR) is 560 cm³/mol. The molecule has 6 N–H and O–H groups in total. The monoisotopic (exact) mass is 2150 g/mol. The maximum absolute atomic E-state index is 15.8. The number of carbonyl (C=O) groups is 3. The van der Waals surface area contributed by atoms with Crippen molar-refractivity contribution in [1.29, 1.82) is 15.8 Å². The second kappa shape index (κ2) is 42.1. The Balaban J connectivity index is 0.000000178. The predicted octanol–water partition coefficient (Wildman–Crippen LogP) is 23.1. The van der Waals surface area contributed by atoms with Gasteiger partial charge in [-0.25, -0.2) is 28.1 Å². The number of amides is 3. The first-order valence-electron chi connectivity index (χ1n) is 43.9. The van der Waals surface area contributed by atoms with Gasteiger partial charge in [-0.3, -0.25) is 57.4 Å². The molecule has 3 aliphatic heterocycles. The van der Waals surface area contributed by atoms with Crippen LogP contribution in [0.25, 0.3) is 83.9 Å². The number of aryl methyl sites for hydroxylation is 3. The van der Waals surface area contributed by atoms with Crippen LogP contribution in [0.15, 0.2) is 107 Å². The molecule has 141 heavy (non-hydrogen) atoms. The first-order valence-corrected chi connectivity index (χ1v) is 48.4. The van der Waals surface area contributed by atoms with Gasteiger partial charge in [-0.1, -0.05) is 200 Å². The smallest absolute Gasteiger partial charge is 0.276 e. The van der Waals surface area contributed by atoms with Gasteiger partial charge in [0.25, 0.3) is 16.7 Å². The third-order valence-electron chi connectivity index (χ3n) is 24.9. The first-order chi connectivity index (χ1) is 66.5. The molecule has 0 unspecified atom stereocenters. The van der Waals surface area contributed by atoms with Crippen molar-refractivity contribution in [3.05, 3.63) is 252 Å². The average molecular weight is 2150 g/mol. The maximum atomic E-state index is 15.8. The Morgan fingerprint density at radius 2 is 0.638 bits per heavy atom. The number of halogens is 15. The summed E-state index contributed by atoms with van der Waals surface area (Å²) >= 11 is 77.6. The zero-order valence-electron chi connectivity index (χ0n) is 78.4. The fraction of sp³-hybridized carbons (Fsp3) is 0.303. The highest BCUT2D eigenvalue weighted by Gasteiger charge is 2.42. The van der Waals surface area contributed by atoms with Gasteiger partial charge in [-0.05, 0) is 151 Å². The molecule has 3 aromatic carbocycles. The SMILES string of the molecule is C=CC(=O)N1[C@H](C)CN(c2c(C#N)c(=O)n(-c3c(C)ccnc3C(C)C)c3nc(-c4c(Cl)c(N)c(Cl)c(F)c4Cl)c(Cl)cc23)C[C@@H]1C.C=CC(=O)N1[C@H](C)CN(c2c(C#N)c(=O)n(-c3c(C)ccnc3C(C)C)c3nc(-c4c(F)c(N)c(Cl)c(Cl)c4Cl)c(Cl)cc23)C[C@@H]1C.C=CC(=O)N1[C@H](C)CN(c2c(C#N)c(=O)n(-c3c(C)ccnc3C(C)C)c3nc(-c4c(F)c(N)c(Cl)c(Cl)c4Cl)c(Cl)cc23)C[C@@H]1C. The number of aromatic nitrogens is 9. The van der Waals surface area contributed by atoms with E-state index >= 15 is 13.2 Å². The summed E-state index contributed by atoms with van der Waals surface area (Å²) in [6.45, 7) is 40.8. The number of piperazine rings is 3. The van der Waals surface area contributed by atoms with Crippen molar-refractivity contribution in [1.82, 2.24) is 58.3 Å². The number of nitriles is 3. The molecule has 12 aromatic rings. The lowest BCUT2D eigenvalue weighted by atomic mass is 10.0. The van der Waals surface area contributed by atoms with E-state index in [4.69, 9.17) is 171 Å². The van der Waals surface area contributed by atoms with E-state index in [1.54, 1.807) is 51.5 Å². The van der Waals surface area contributed by atoms with Crippen LogP contribution >= 0.6 is 139 Å². The summed E-state index contributed by atoms with van der Waals surface area (Å²) in [6, 6.07) is 14.3. The number of nitrogen functional groups attached to an aromatic ring is 3. The Morgan fingerprint density at radius 3 is 0.879 bits per heavy atom. The maximum Gasteiger partial charge on any atom is 0.276 e. The molecule has 3 aliphatic rings. The van der Waals surface area contributed by atoms with Crippen molar-refractivity contribution < 1.29 is 27.6 Å². The number of fused-ring (bicyclic) bond motifs is 3. The van der Waals surface area contributed by atoms with Crippen molar-refractivity contribution in [2.45, 2.75) is 158 Å². The van der Waals surface area contributed by atoms with Crippen LogP contribution in [0.2, 0.25) is 60.3 Å². The minimum atomic E-state index is -1.01. The number of hydrogen-bond acceptors (Lipinski definition) is 21. The molecule has 0 aliphatic carbocycles. The highest BCUT2D eigenvalue weighted by molar-refractivity contribution is 6.52. The van der Waals surface area contributed by atoms with Gasteiger partial charge in [0.2, 0.25) is 17.7 Å². The number of carbonyl (C=O) groups excluding carboxylic acids is 3. The Kier molecular flexibility index (Phi) is 31.9. The summed E-state index contributed by atoms with van der Waals surface area (Å²) in [5.74, 6) is -4.09. The molecule has 27 nitrogen and oxygen atoms in total. The van der Waals surface area contributed by atoms with Crippen molar-refractivity contribution in [3.8, 4) is 69.0 Å². The highest BCUT2D eigenvalue weighted by atomic mass is 35.5. The summed E-state index contributed by atoms with van der Waals surface area (Å²) in [5.41, 5.74) is 19.3. The minimum Gasteiger partial charge on any atom is -0.396 e. The van der Waals surface area contributed by atoms with Gasteiger partial charge in [0.05, 0.1) is 152 Å². The van der Waals surface area contributed by atoms with Gasteiger partial charge in [0.15, 0.2) is 17.5 Å². The summed E-state index contributed by atoms with van der Waals surface area (Å²) in [6.07, 6.45) is 8.69. The van der Waals surface area contributed by atoms with Crippen molar-refractivity contribution in [2.75, 3.05) is 71.2 Å². The lowest BCUT2D eigenvalue weighted by Gasteiger charge is -2.45. The van der Waals surface area contributed by atoms with E-state index in [1.807, 2.05) is 119 Å². The topological polar surface area (TPSA) is 363 Å². The number of pyridine rings is 9. The fourth-order valence-electron chi connectivity index (χ4n) is 18.8. The van der Waals surface area contributed by atoms with E-state index in [0.717, 1.165) is 0 Å². The summed E-state index contributed by atoms with van der Waals surface area (Å²) in [7, 11) is 0. The zero-order chi connectivity index (χ0) is 104. The second-order valence-electron chi connectivity index (χ2n) is 35.3. The third-order valence-corrected chi connectivity index (χ3v) is 29.6. The van der Waals surface area contributed by atoms with E-state index in [-0.39, 0.29) is 246 Å². The highest BCUT2D eigenvalue weighted by Crippen LogP contribution is 2.52. The molecule has 15 rings (SSSR count). The van der Waals surface area contributed by atoms with Gasteiger partial charge in [-0.15, -0.1) is 0 Å². The van der Waals surface area contributed by atoms with Crippen LogP contribution in [-0.2, 0) is 14.4 Å². The first kappa shape index (κ1) is 107. The molecule has 3 saturated heterocycles. The van der Waals surface area contributed by atoms with Crippen LogP contribution < -0.4 is 48.6 Å². The summed E-state index contributed by atoms with van der Waals surface area (Å²) in [5, 5.41) is 29.9. The van der Waals surface area contributed by atoms with E-state index < -0.39 is 55.5 Å². The standard InChI is InChI=1S/3C33H30Cl4FN7O2/c2*1-7-21(46)44-16(5)12-43(13-17(44)6)31-18-10-20(34)29(22-23(35)24(36)25(37)27(40)26(22)38)42-32(18)45(33(47)19(31)11-39)30-15(4)8-9-41-28(30)14(2)3;1-7-21(46)44-16(5)12-43(13-17(44)6)31-18-10-20(34)29(22-23(35)26(38)25(37)27(40)24(22)36)42-32(18)45(33(47)19(31)11-39)30-15(4)8-9-41-28(30)14(2)3/h3*7-10,14,16-17H,1,12-13,40H2,2-6H3/t3*16-,17+. The molecule has 3 fully saturated rings. The molecular formula is C99H90Cl12F3N21O6. The Hall–Kier alpha value is -11.6. The number of anilines is 6. The summed E-state index contributed by atoms with van der Waals surface area (Å²) in [4.78, 5) is 121. The molecule has 0 radical (unpaired) electrons. The van der Waals surface area contributed by atoms with Crippen molar-refractivity contribution >= 4 is 224 Å². The molecule has 6 atom stereocenters. The third kappa shape index (κ3) is 18.8. The van der Waals surface area contributed by atoms with E-state index in [0.29, 0.717) is 72.7 Å². The molecule has 0 spiro atoms. The molecule has 0 saturated carbocycles. The number of nitrogens with two attached hydrogens (primary N) is 3. The van der Waals surface area contributed by atoms with Crippen molar-refractivity contribution in [3.63, 3.8) is 0 Å². The largest absolute Gasteiger partial charge is 0.396 e. The molecular weight excluding hydrogens is 2060 g/mol. The number of hydrogen-bond donors (Lipinski definition) is 3. The van der Waals surface area contributed by atoms with Crippen LogP contribution in [0.1, 0.15) is 151 Å². The molecule has 12 heterocycles. The molecule has 732 valence electrons. The molecule has 42 heteroatoms. The minimum absolute atomic E-state index is 0.00804. The molecule has 3 amide bonds. The number of benzene rings is 3. The Bertz CT molecular complexity index is 6860. The van der Waals surface area contributed by atoms with Gasteiger partial charge in [-0.2, -0.15) is 15.8 Å². The van der Waals surface area contributed by atoms with Gasteiger partial charge in [0.1, 0.15) is 56.9 Å². The van der Waals surface area contributed by atoms with Crippen LogP contribution in [0, 0.1) is 72.2 Å². The lowest BCUT2D eigenvalue weighted by Crippen LogP contribution is -2.58. The molecule has 0 bridgehead atoms. The van der Waals surface area contributed by atoms with Crippen LogP contribution in [0.4, 0.5) is 47.3 Å².